The first-order valence-corrected chi connectivity index (χ1v) is 11.4. The van der Waals surface area contributed by atoms with Gasteiger partial charge in [-0.25, -0.2) is 0 Å². The van der Waals surface area contributed by atoms with E-state index >= 15 is 0 Å². The fourth-order valence-electron chi connectivity index (χ4n) is 5.24. The highest BCUT2D eigenvalue weighted by atomic mass is 15.1. The van der Waals surface area contributed by atoms with Crippen LogP contribution in [0.25, 0.3) is 0 Å². The third-order valence-corrected chi connectivity index (χ3v) is 6.76. The number of rotatable bonds is 0. The molecule has 0 bridgehead atoms. The molecule has 4 aromatic rings. The van der Waals surface area contributed by atoms with E-state index in [0.29, 0.717) is 0 Å². The average molecular weight is 429 g/mol. The topological polar surface area (TPSA) is 49.4 Å². The minimum absolute atomic E-state index is 0.0802. The molecular formula is C29H24N4. The van der Waals surface area contributed by atoms with Crippen LogP contribution in [0.4, 0.5) is 22.7 Å². The van der Waals surface area contributed by atoms with E-state index in [1.54, 1.807) is 0 Å². The van der Waals surface area contributed by atoms with Gasteiger partial charge in [-0.05, 0) is 77.6 Å². The standard InChI is InChI=1S/C29H24N4/c1-5-13-25-21(9-1)17-29(18-22-10-2-6-14-26(22)31-30-25)19-23-11-3-7-15-27(23)32-33-28-16-8-4-12-24(28)20-29/h1-16H,17-20H2. The van der Waals surface area contributed by atoms with E-state index in [1.807, 2.05) is 24.3 Å². The van der Waals surface area contributed by atoms with Gasteiger partial charge in [-0.1, -0.05) is 72.8 Å². The van der Waals surface area contributed by atoms with Gasteiger partial charge in [0.1, 0.15) is 0 Å². The summed E-state index contributed by atoms with van der Waals surface area (Å²) in [6.45, 7) is 0. The van der Waals surface area contributed by atoms with Crippen LogP contribution in [0.5, 0.6) is 0 Å². The Bertz CT molecular complexity index is 1170. The number of benzene rings is 4. The first kappa shape index (κ1) is 19.7. The van der Waals surface area contributed by atoms with Gasteiger partial charge in [-0.3, -0.25) is 0 Å². The molecule has 2 aliphatic heterocycles. The summed E-state index contributed by atoms with van der Waals surface area (Å²) in [4.78, 5) is 0. The molecule has 0 saturated carbocycles. The molecule has 0 saturated heterocycles. The summed E-state index contributed by atoms with van der Waals surface area (Å²) in [5, 5.41) is 18.7. The van der Waals surface area contributed by atoms with E-state index in [0.717, 1.165) is 48.4 Å². The Balaban J connectivity index is 1.60. The quantitative estimate of drug-likeness (QED) is 0.270. The van der Waals surface area contributed by atoms with Crippen molar-refractivity contribution in [3.63, 3.8) is 0 Å². The molecule has 0 unspecified atom stereocenters. The molecule has 0 N–H and O–H groups in total. The van der Waals surface area contributed by atoms with Crippen LogP contribution in [0, 0.1) is 5.41 Å². The van der Waals surface area contributed by atoms with Crippen LogP contribution in [0.1, 0.15) is 22.3 Å². The van der Waals surface area contributed by atoms with Gasteiger partial charge in [0, 0.05) is 0 Å². The zero-order valence-corrected chi connectivity index (χ0v) is 18.4. The van der Waals surface area contributed by atoms with Crippen molar-refractivity contribution in [1.29, 1.82) is 0 Å². The lowest BCUT2D eigenvalue weighted by Gasteiger charge is -2.35. The molecule has 0 aliphatic carbocycles. The SMILES string of the molecule is c1ccc2c(c1)CC1(Cc3ccccc3N=N2)Cc2ccccc2N=Nc2ccccc2C1. The molecule has 4 aromatic carbocycles. The van der Waals surface area contributed by atoms with Crippen molar-refractivity contribution in [3.05, 3.63) is 119 Å². The van der Waals surface area contributed by atoms with Crippen molar-refractivity contribution >= 4 is 22.7 Å². The second-order valence-corrected chi connectivity index (χ2v) is 9.12. The van der Waals surface area contributed by atoms with Crippen molar-refractivity contribution in [3.8, 4) is 0 Å². The number of hydrogen-bond acceptors (Lipinski definition) is 4. The maximum Gasteiger partial charge on any atom is 0.0889 e. The molecule has 0 aromatic heterocycles. The molecule has 0 fully saturated rings. The summed E-state index contributed by atoms with van der Waals surface area (Å²) in [5.74, 6) is 0. The summed E-state index contributed by atoms with van der Waals surface area (Å²) in [7, 11) is 0. The van der Waals surface area contributed by atoms with E-state index < -0.39 is 0 Å². The largest absolute Gasteiger partial charge is 0.150 e. The van der Waals surface area contributed by atoms with Gasteiger partial charge in [-0.15, -0.1) is 0 Å². The molecule has 2 heterocycles. The second-order valence-electron chi connectivity index (χ2n) is 9.12. The third kappa shape index (κ3) is 3.89. The Morgan fingerprint density at radius 3 is 0.879 bits per heavy atom. The summed E-state index contributed by atoms with van der Waals surface area (Å²) < 4.78 is 0. The highest BCUT2D eigenvalue weighted by molar-refractivity contribution is 5.55. The summed E-state index contributed by atoms with van der Waals surface area (Å²) in [6.07, 6.45) is 3.61. The van der Waals surface area contributed by atoms with E-state index in [-0.39, 0.29) is 5.41 Å². The molecule has 0 atom stereocenters. The zero-order valence-electron chi connectivity index (χ0n) is 18.4. The maximum absolute atomic E-state index is 4.66. The highest BCUT2D eigenvalue weighted by Gasteiger charge is 2.35. The van der Waals surface area contributed by atoms with E-state index in [9.17, 15) is 0 Å². The van der Waals surface area contributed by atoms with Gasteiger partial charge in [0.05, 0.1) is 22.7 Å². The van der Waals surface area contributed by atoms with E-state index in [4.69, 9.17) is 0 Å². The summed E-state index contributed by atoms with van der Waals surface area (Å²) in [6, 6.07) is 33.7. The van der Waals surface area contributed by atoms with Crippen molar-refractivity contribution in [2.24, 2.45) is 25.9 Å². The van der Waals surface area contributed by atoms with Crippen LogP contribution in [-0.2, 0) is 25.7 Å². The van der Waals surface area contributed by atoms with Crippen molar-refractivity contribution < 1.29 is 0 Å². The van der Waals surface area contributed by atoms with Crippen molar-refractivity contribution in [2.75, 3.05) is 0 Å². The fourth-order valence-corrected chi connectivity index (χ4v) is 5.24. The zero-order chi connectivity index (χ0) is 22.1. The Kier molecular flexibility index (Phi) is 4.91. The molecule has 33 heavy (non-hydrogen) atoms. The average Bonchev–Trinajstić information content (AvgIpc) is 2.95. The lowest BCUT2D eigenvalue weighted by Crippen LogP contribution is -2.32. The molecule has 160 valence electrons. The lowest BCUT2D eigenvalue weighted by atomic mass is 9.68. The monoisotopic (exact) mass is 428 g/mol. The predicted octanol–water partition coefficient (Wildman–Crippen LogP) is 8.40. The van der Waals surface area contributed by atoms with Gasteiger partial charge < -0.3 is 0 Å². The number of hydrogen-bond donors (Lipinski definition) is 0. The molecule has 2 aliphatic rings. The first-order chi connectivity index (χ1) is 16.3. The van der Waals surface area contributed by atoms with Crippen LogP contribution in [0.2, 0.25) is 0 Å². The van der Waals surface area contributed by atoms with Gasteiger partial charge in [0.15, 0.2) is 0 Å². The molecule has 4 nitrogen and oxygen atoms in total. The van der Waals surface area contributed by atoms with Crippen LogP contribution >= 0.6 is 0 Å². The predicted molar refractivity (Wildman–Crippen MR) is 131 cm³/mol. The Morgan fingerprint density at radius 2 is 0.606 bits per heavy atom. The summed E-state index contributed by atoms with van der Waals surface area (Å²) in [5.41, 5.74) is 8.65. The lowest BCUT2D eigenvalue weighted by molar-refractivity contribution is 0.277. The minimum atomic E-state index is -0.0802. The van der Waals surface area contributed by atoms with Gasteiger partial charge >= 0.3 is 0 Å². The molecule has 0 radical (unpaired) electrons. The minimum Gasteiger partial charge on any atom is -0.150 e. The maximum atomic E-state index is 4.66. The van der Waals surface area contributed by atoms with Crippen LogP contribution < -0.4 is 0 Å². The Labute approximate surface area is 193 Å². The smallest absolute Gasteiger partial charge is 0.0889 e. The van der Waals surface area contributed by atoms with Gasteiger partial charge in [0.2, 0.25) is 0 Å². The van der Waals surface area contributed by atoms with E-state index in [2.05, 4.69) is 93.3 Å². The Morgan fingerprint density at radius 1 is 0.364 bits per heavy atom. The van der Waals surface area contributed by atoms with Crippen LogP contribution in [-0.4, -0.2) is 0 Å². The summed E-state index contributed by atoms with van der Waals surface area (Å²) >= 11 is 0. The van der Waals surface area contributed by atoms with Gasteiger partial charge in [-0.2, -0.15) is 20.5 Å². The number of azo groups is 2. The number of fused-ring (bicyclic) bond motifs is 4. The molecular weight excluding hydrogens is 404 g/mol. The molecule has 6 rings (SSSR count). The normalized spacial score (nSPS) is 16.0. The third-order valence-electron chi connectivity index (χ3n) is 6.76. The molecule has 1 spiro atoms. The Hall–Kier alpha value is -3.92. The van der Waals surface area contributed by atoms with Crippen molar-refractivity contribution in [1.82, 2.24) is 0 Å². The van der Waals surface area contributed by atoms with Crippen LogP contribution in [0.15, 0.2) is 118 Å². The molecule has 0 amide bonds. The highest BCUT2D eigenvalue weighted by Crippen LogP contribution is 2.44. The molecule has 4 heteroatoms. The van der Waals surface area contributed by atoms with E-state index in [1.165, 1.54) is 22.3 Å². The second kappa shape index (κ2) is 8.21. The van der Waals surface area contributed by atoms with Crippen molar-refractivity contribution in [2.45, 2.75) is 25.7 Å². The fraction of sp³-hybridized carbons (Fsp3) is 0.172. The first-order valence-electron chi connectivity index (χ1n) is 11.4. The van der Waals surface area contributed by atoms with Crippen LogP contribution in [0.3, 0.4) is 0 Å². The number of nitrogens with zero attached hydrogens (tertiary/aromatic N) is 4. The van der Waals surface area contributed by atoms with Gasteiger partial charge in [0.25, 0.3) is 0 Å².